The number of para-hydroxylation sites is 2. The van der Waals surface area contributed by atoms with Gasteiger partial charge in [0, 0.05) is 0 Å². The molecule has 0 saturated carbocycles. The quantitative estimate of drug-likeness (QED) is 0.533. The third-order valence-corrected chi connectivity index (χ3v) is 1.83. The van der Waals surface area contributed by atoms with Crippen LogP contribution in [0.15, 0.2) is 24.3 Å². The van der Waals surface area contributed by atoms with Crippen LogP contribution in [0.1, 0.15) is 0 Å². The molecular formula is C9H5N5. The Balaban J connectivity index is 2.75. The van der Waals surface area contributed by atoms with Crippen LogP contribution < -0.4 is 5.32 Å². The Kier molecular flexibility index (Phi) is 1.78. The number of imidazole rings is 1. The summed E-state index contributed by atoms with van der Waals surface area (Å²) in [6, 6.07) is 7.20. The molecule has 0 amide bonds. The monoisotopic (exact) mass is 183 g/mol. The van der Waals surface area contributed by atoms with Crippen molar-refractivity contribution in [2.24, 2.45) is 0 Å². The van der Waals surface area contributed by atoms with Crippen molar-refractivity contribution in [2.45, 2.75) is 0 Å². The summed E-state index contributed by atoms with van der Waals surface area (Å²) in [5, 5.41) is 19.6. The van der Waals surface area contributed by atoms with Crippen LogP contribution in [-0.2, 0) is 0 Å². The number of anilines is 1. The van der Waals surface area contributed by atoms with E-state index >= 15 is 0 Å². The van der Waals surface area contributed by atoms with Crippen LogP contribution in [0.25, 0.3) is 11.0 Å². The molecule has 0 unspecified atom stereocenters. The fourth-order valence-corrected chi connectivity index (χ4v) is 1.26. The first-order valence-corrected chi connectivity index (χ1v) is 3.89. The molecule has 0 spiro atoms. The van der Waals surface area contributed by atoms with Gasteiger partial charge in [0.15, 0.2) is 12.4 Å². The summed E-state index contributed by atoms with van der Waals surface area (Å²) < 4.78 is 1.28. The largest absolute Gasteiger partial charge is 0.261 e. The van der Waals surface area contributed by atoms with Crippen LogP contribution in [0.3, 0.4) is 0 Å². The SMILES string of the molecule is N#CNc1nc2ccccc2n1C#N. The maximum absolute atomic E-state index is 8.86. The molecule has 14 heavy (non-hydrogen) atoms. The molecule has 0 aliphatic carbocycles. The minimum Gasteiger partial charge on any atom is -0.261 e. The average molecular weight is 183 g/mol. The molecule has 0 saturated heterocycles. The fraction of sp³-hybridized carbons (Fsp3) is 0. The fourth-order valence-electron chi connectivity index (χ4n) is 1.26. The van der Waals surface area contributed by atoms with Crippen molar-refractivity contribution in [3.05, 3.63) is 24.3 Å². The number of aromatic nitrogens is 2. The van der Waals surface area contributed by atoms with Gasteiger partial charge in [-0.25, -0.2) is 9.55 Å². The average Bonchev–Trinajstić information content (AvgIpc) is 2.55. The highest BCUT2D eigenvalue weighted by Gasteiger charge is 2.08. The Morgan fingerprint density at radius 1 is 1.29 bits per heavy atom. The standard InChI is InChI=1S/C9H5N5/c10-5-12-9-13-7-3-1-2-4-8(7)14(9)6-11/h1-4H,(H,12,13). The minimum absolute atomic E-state index is 0.246. The lowest BCUT2D eigenvalue weighted by Gasteiger charge is -1.93. The van der Waals surface area contributed by atoms with E-state index in [1.807, 2.05) is 18.3 Å². The summed E-state index contributed by atoms with van der Waals surface area (Å²) >= 11 is 0. The summed E-state index contributed by atoms with van der Waals surface area (Å²) in [5.74, 6) is 0.246. The van der Waals surface area contributed by atoms with Crippen LogP contribution in [-0.4, -0.2) is 9.55 Å². The van der Waals surface area contributed by atoms with Gasteiger partial charge in [0.1, 0.15) is 0 Å². The third kappa shape index (κ3) is 1.05. The number of hydrogen-bond acceptors (Lipinski definition) is 4. The molecule has 1 N–H and O–H groups in total. The molecule has 0 bridgehead atoms. The molecule has 0 fully saturated rings. The summed E-state index contributed by atoms with van der Waals surface area (Å²) in [6.07, 6.45) is 3.68. The number of fused-ring (bicyclic) bond motifs is 1. The Morgan fingerprint density at radius 3 is 2.79 bits per heavy atom. The van der Waals surface area contributed by atoms with Crippen molar-refractivity contribution in [3.8, 4) is 12.4 Å². The van der Waals surface area contributed by atoms with Gasteiger partial charge in [0.25, 0.3) is 0 Å². The van der Waals surface area contributed by atoms with E-state index in [1.165, 1.54) is 4.57 Å². The first kappa shape index (κ1) is 8.09. The van der Waals surface area contributed by atoms with E-state index in [-0.39, 0.29) is 5.95 Å². The van der Waals surface area contributed by atoms with Crippen LogP contribution in [0.5, 0.6) is 0 Å². The van der Waals surface area contributed by atoms with Gasteiger partial charge in [-0.1, -0.05) is 12.1 Å². The van der Waals surface area contributed by atoms with Crippen LogP contribution in [0.4, 0.5) is 5.95 Å². The highest BCUT2D eigenvalue weighted by Crippen LogP contribution is 2.17. The highest BCUT2D eigenvalue weighted by molar-refractivity contribution is 5.79. The number of benzene rings is 1. The van der Waals surface area contributed by atoms with Crippen molar-refractivity contribution >= 4 is 17.0 Å². The molecule has 1 aromatic carbocycles. The van der Waals surface area contributed by atoms with Crippen molar-refractivity contribution in [1.29, 1.82) is 10.5 Å². The van der Waals surface area contributed by atoms with Gasteiger partial charge in [-0.15, -0.1) is 0 Å². The molecule has 0 radical (unpaired) electrons. The lowest BCUT2D eigenvalue weighted by Crippen LogP contribution is -1.97. The molecule has 5 nitrogen and oxygen atoms in total. The lowest BCUT2D eigenvalue weighted by atomic mass is 10.3. The molecule has 0 aliphatic rings. The van der Waals surface area contributed by atoms with E-state index in [0.29, 0.717) is 11.0 Å². The summed E-state index contributed by atoms with van der Waals surface area (Å²) in [6.45, 7) is 0. The zero-order valence-corrected chi connectivity index (χ0v) is 7.10. The number of rotatable bonds is 1. The summed E-state index contributed by atoms with van der Waals surface area (Å²) in [4.78, 5) is 4.08. The second kappa shape index (κ2) is 3.08. The maximum Gasteiger partial charge on any atom is 0.231 e. The lowest BCUT2D eigenvalue weighted by molar-refractivity contribution is 1.12. The van der Waals surface area contributed by atoms with E-state index in [0.717, 1.165) is 0 Å². The second-order valence-electron chi connectivity index (χ2n) is 2.60. The van der Waals surface area contributed by atoms with Gasteiger partial charge in [-0.2, -0.15) is 10.5 Å². The Morgan fingerprint density at radius 2 is 2.07 bits per heavy atom. The highest BCUT2D eigenvalue weighted by atomic mass is 15.2. The van der Waals surface area contributed by atoms with Gasteiger partial charge in [0.2, 0.25) is 5.95 Å². The number of nitriles is 2. The van der Waals surface area contributed by atoms with Crippen LogP contribution in [0, 0.1) is 22.9 Å². The third-order valence-electron chi connectivity index (χ3n) is 1.83. The second-order valence-corrected chi connectivity index (χ2v) is 2.60. The smallest absolute Gasteiger partial charge is 0.231 e. The maximum atomic E-state index is 8.86. The molecule has 5 heteroatoms. The predicted octanol–water partition coefficient (Wildman–Crippen LogP) is 1.26. The molecule has 2 rings (SSSR count). The molecule has 0 atom stereocenters. The van der Waals surface area contributed by atoms with Crippen molar-refractivity contribution in [2.75, 3.05) is 5.32 Å². The van der Waals surface area contributed by atoms with Gasteiger partial charge < -0.3 is 0 Å². The van der Waals surface area contributed by atoms with Gasteiger partial charge in [-0.3, -0.25) is 5.32 Å². The molecule has 1 aromatic heterocycles. The molecular weight excluding hydrogens is 178 g/mol. The Labute approximate surface area is 79.8 Å². The van der Waals surface area contributed by atoms with E-state index in [1.54, 1.807) is 18.3 Å². The van der Waals surface area contributed by atoms with E-state index in [2.05, 4.69) is 10.3 Å². The van der Waals surface area contributed by atoms with Gasteiger partial charge >= 0.3 is 0 Å². The van der Waals surface area contributed by atoms with Gasteiger partial charge in [-0.05, 0) is 12.1 Å². The molecule has 0 aliphatic heterocycles. The first-order valence-electron chi connectivity index (χ1n) is 3.89. The number of hydrogen-bond donors (Lipinski definition) is 1. The molecule has 2 aromatic rings. The van der Waals surface area contributed by atoms with Crippen molar-refractivity contribution < 1.29 is 0 Å². The van der Waals surface area contributed by atoms with Gasteiger partial charge in [0.05, 0.1) is 11.0 Å². The van der Waals surface area contributed by atoms with Crippen LogP contribution in [0.2, 0.25) is 0 Å². The predicted molar refractivity (Wildman–Crippen MR) is 50.0 cm³/mol. The normalized spacial score (nSPS) is 9.29. The first-order chi connectivity index (χ1) is 6.86. The molecule has 1 heterocycles. The van der Waals surface area contributed by atoms with Crippen LogP contribution >= 0.6 is 0 Å². The summed E-state index contributed by atoms with van der Waals surface area (Å²) in [7, 11) is 0. The number of nitrogens with zero attached hydrogens (tertiary/aromatic N) is 4. The topological polar surface area (TPSA) is 77.4 Å². The van der Waals surface area contributed by atoms with E-state index < -0.39 is 0 Å². The Hall–Kier alpha value is -2.53. The minimum atomic E-state index is 0.246. The Bertz CT molecular complexity index is 555. The zero-order valence-electron chi connectivity index (χ0n) is 7.10. The number of nitrogens with one attached hydrogen (secondary N) is 1. The van der Waals surface area contributed by atoms with E-state index in [9.17, 15) is 0 Å². The van der Waals surface area contributed by atoms with Crippen molar-refractivity contribution in [3.63, 3.8) is 0 Å². The zero-order chi connectivity index (χ0) is 9.97. The van der Waals surface area contributed by atoms with E-state index in [4.69, 9.17) is 10.5 Å². The van der Waals surface area contributed by atoms with Crippen molar-refractivity contribution in [1.82, 2.24) is 9.55 Å². The molecule has 66 valence electrons. The summed E-state index contributed by atoms with van der Waals surface area (Å²) in [5.41, 5.74) is 1.37.